The van der Waals surface area contributed by atoms with Gasteiger partial charge in [0.1, 0.15) is 6.10 Å². The quantitative estimate of drug-likeness (QED) is 0.339. The molecule has 1 rings (SSSR count). The number of halogens is 2. The Hall–Kier alpha value is 0.210. The number of hydrogen-bond acceptors (Lipinski definition) is 2. The lowest BCUT2D eigenvalue weighted by Crippen LogP contribution is -1.93. The van der Waals surface area contributed by atoms with Crippen molar-refractivity contribution in [3.63, 3.8) is 0 Å². The van der Waals surface area contributed by atoms with E-state index in [4.69, 9.17) is 23.2 Å². The van der Waals surface area contributed by atoms with Crippen LogP contribution >= 0.6 is 23.2 Å². The normalized spacial score (nSPS) is 34.8. The highest BCUT2D eigenvalue weighted by Crippen LogP contribution is 2.28. The highest BCUT2D eigenvalue weighted by atomic mass is 35.5. The molecule has 0 saturated carbocycles. The zero-order valence-corrected chi connectivity index (χ0v) is 5.45. The van der Waals surface area contributed by atoms with Crippen molar-refractivity contribution in [1.29, 1.82) is 0 Å². The van der Waals surface area contributed by atoms with Crippen LogP contribution in [0.2, 0.25) is 0 Å². The van der Waals surface area contributed by atoms with E-state index < -0.39 is 5.24 Å². The summed E-state index contributed by atoms with van der Waals surface area (Å²) < 4.78 is 4.69. The second-order valence-corrected chi connectivity index (χ2v) is 2.44. The van der Waals surface area contributed by atoms with Gasteiger partial charge in [0, 0.05) is 0 Å². The van der Waals surface area contributed by atoms with Crippen molar-refractivity contribution < 1.29 is 9.53 Å². The fourth-order valence-corrected chi connectivity index (χ4v) is 0.794. The topological polar surface area (TPSA) is 29.6 Å². The molecule has 2 atom stereocenters. The third-order valence-corrected chi connectivity index (χ3v) is 1.42. The third kappa shape index (κ3) is 1.62. The molecular weight excluding hydrogens is 151 g/mol. The smallest absolute Gasteiger partial charge is 0.224 e. The van der Waals surface area contributed by atoms with Crippen LogP contribution < -0.4 is 0 Å². The monoisotopic (exact) mass is 154 g/mol. The second-order valence-electron chi connectivity index (χ2n) is 1.58. The molecule has 1 aliphatic rings. The van der Waals surface area contributed by atoms with Crippen molar-refractivity contribution in [2.75, 3.05) is 0 Å². The number of ether oxygens (including phenoxy) is 1. The maximum absolute atomic E-state index is 10.1. The molecule has 0 amide bonds. The van der Waals surface area contributed by atoms with Gasteiger partial charge in [-0.2, -0.15) is 0 Å². The fraction of sp³-hybridized carbons (Fsp3) is 0.750. The number of carbonyl (C=O) groups is 1. The minimum atomic E-state index is -0.391. The first-order valence-electron chi connectivity index (χ1n) is 2.18. The van der Waals surface area contributed by atoms with E-state index >= 15 is 0 Å². The molecule has 2 nitrogen and oxygen atoms in total. The van der Waals surface area contributed by atoms with Gasteiger partial charge in [0.25, 0.3) is 0 Å². The van der Waals surface area contributed by atoms with Crippen molar-refractivity contribution in [3.8, 4) is 0 Å². The molecule has 0 bridgehead atoms. The van der Waals surface area contributed by atoms with Crippen molar-refractivity contribution in [1.82, 2.24) is 0 Å². The molecule has 0 aromatic carbocycles. The molecule has 1 aliphatic heterocycles. The number of rotatable bonds is 2. The van der Waals surface area contributed by atoms with Crippen LogP contribution in [0.5, 0.6) is 0 Å². The lowest BCUT2D eigenvalue weighted by Gasteiger charge is -1.79. The number of carbonyl (C=O) groups excluding carboxylic acids is 1. The van der Waals surface area contributed by atoms with E-state index in [1.807, 2.05) is 0 Å². The largest absolute Gasteiger partial charge is 0.352 e. The van der Waals surface area contributed by atoms with E-state index in [-0.39, 0.29) is 18.1 Å². The summed E-state index contributed by atoms with van der Waals surface area (Å²) in [5.74, 6) is 0. The van der Waals surface area contributed by atoms with E-state index in [1.54, 1.807) is 0 Å². The summed E-state index contributed by atoms with van der Waals surface area (Å²) in [4.78, 5) is 10.1. The standard InChI is InChI=1S/C4H4Cl2O2/c5-3(7)1-2-4(6)8-2/h2,4H,1H2. The first kappa shape index (κ1) is 6.33. The maximum Gasteiger partial charge on any atom is 0.224 e. The Kier molecular flexibility index (Phi) is 1.75. The summed E-state index contributed by atoms with van der Waals surface area (Å²) in [6.45, 7) is 0. The number of epoxide rings is 1. The maximum atomic E-state index is 10.1. The van der Waals surface area contributed by atoms with Crippen LogP contribution in [0, 0.1) is 0 Å². The molecule has 1 heterocycles. The van der Waals surface area contributed by atoms with Crippen LogP contribution in [-0.2, 0) is 9.53 Å². The van der Waals surface area contributed by atoms with Crippen LogP contribution in [-0.4, -0.2) is 16.9 Å². The van der Waals surface area contributed by atoms with E-state index in [9.17, 15) is 4.79 Å². The molecule has 1 fully saturated rings. The Labute approximate surface area is 56.7 Å². The van der Waals surface area contributed by atoms with Crippen molar-refractivity contribution in [3.05, 3.63) is 0 Å². The van der Waals surface area contributed by atoms with E-state index in [2.05, 4.69) is 4.74 Å². The minimum Gasteiger partial charge on any atom is -0.352 e. The van der Waals surface area contributed by atoms with Crippen LogP contribution in [0.1, 0.15) is 6.42 Å². The zero-order chi connectivity index (χ0) is 6.15. The predicted molar refractivity (Wildman–Crippen MR) is 30.0 cm³/mol. The molecule has 0 aromatic heterocycles. The highest BCUT2D eigenvalue weighted by Gasteiger charge is 2.37. The molecule has 0 radical (unpaired) electrons. The van der Waals surface area contributed by atoms with Crippen LogP contribution in [0.4, 0.5) is 0 Å². The lowest BCUT2D eigenvalue weighted by atomic mass is 10.4. The zero-order valence-electron chi connectivity index (χ0n) is 3.93. The van der Waals surface area contributed by atoms with Crippen molar-refractivity contribution >= 4 is 28.4 Å². The van der Waals surface area contributed by atoms with Gasteiger partial charge in [-0.25, -0.2) is 0 Å². The summed E-state index contributed by atoms with van der Waals surface area (Å²) in [5, 5.41) is -0.391. The van der Waals surface area contributed by atoms with Gasteiger partial charge < -0.3 is 4.74 Å². The lowest BCUT2D eigenvalue weighted by molar-refractivity contribution is -0.111. The third-order valence-electron chi connectivity index (χ3n) is 0.882. The van der Waals surface area contributed by atoms with Gasteiger partial charge >= 0.3 is 0 Å². The molecule has 2 unspecified atom stereocenters. The fourth-order valence-electron chi connectivity index (χ4n) is 0.421. The molecule has 46 valence electrons. The van der Waals surface area contributed by atoms with Gasteiger partial charge in [-0.3, -0.25) is 4.79 Å². The summed E-state index contributed by atoms with van der Waals surface area (Å²) in [6, 6.07) is 0. The van der Waals surface area contributed by atoms with Crippen molar-refractivity contribution in [2.45, 2.75) is 18.1 Å². The molecule has 0 aromatic rings. The van der Waals surface area contributed by atoms with E-state index in [0.717, 1.165) is 0 Å². The Morgan fingerprint density at radius 1 is 1.75 bits per heavy atom. The number of alkyl halides is 1. The molecule has 4 heteroatoms. The van der Waals surface area contributed by atoms with Crippen LogP contribution in [0.15, 0.2) is 0 Å². The summed E-state index contributed by atoms with van der Waals surface area (Å²) in [7, 11) is 0. The van der Waals surface area contributed by atoms with Gasteiger partial charge in [0.15, 0.2) is 5.56 Å². The first-order valence-corrected chi connectivity index (χ1v) is 2.99. The SMILES string of the molecule is O=C(Cl)CC1OC1Cl. The highest BCUT2D eigenvalue weighted by molar-refractivity contribution is 6.63. The van der Waals surface area contributed by atoms with Crippen LogP contribution in [0.25, 0.3) is 0 Å². The molecule has 0 aliphatic carbocycles. The molecule has 1 saturated heterocycles. The Balaban J connectivity index is 2.14. The van der Waals surface area contributed by atoms with Crippen LogP contribution in [0.3, 0.4) is 0 Å². The first-order chi connectivity index (χ1) is 3.70. The van der Waals surface area contributed by atoms with Gasteiger partial charge in [-0.15, -0.1) is 0 Å². The Morgan fingerprint density at radius 2 is 2.25 bits per heavy atom. The summed E-state index contributed by atoms with van der Waals surface area (Å²) in [6.07, 6.45) is 0.108. The van der Waals surface area contributed by atoms with Gasteiger partial charge in [0.2, 0.25) is 5.24 Å². The van der Waals surface area contributed by atoms with Gasteiger partial charge in [-0.1, -0.05) is 11.6 Å². The Bertz CT molecular complexity index is 115. The Morgan fingerprint density at radius 3 is 2.38 bits per heavy atom. The summed E-state index contributed by atoms with van der Waals surface area (Å²) >= 11 is 10.4. The minimum absolute atomic E-state index is 0.123. The van der Waals surface area contributed by atoms with E-state index in [1.165, 1.54) is 0 Å². The number of hydrogen-bond donors (Lipinski definition) is 0. The van der Waals surface area contributed by atoms with Gasteiger partial charge in [0.05, 0.1) is 6.42 Å². The van der Waals surface area contributed by atoms with E-state index in [0.29, 0.717) is 0 Å². The van der Waals surface area contributed by atoms with Gasteiger partial charge in [-0.05, 0) is 11.6 Å². The van der Waals surface area contributed by atoms with Crippen molar-refractivity contribution in [2.24, 2.45) is 0 Å². The predicted octanol–water partition coefficient (Wildman–Crippen LogP) is 1.11. The second kappa shape index (κ2) is 2.21. The molecule has 8 heavy (non-hydrogen) atoms. The molecule has 0 spiro atoms. The molecule has 0 N–H and O–H groups in total. The molecular formula is C4H4Cl2O2. The average Bonchev–Trinajstić information content (AvgIpc) is 2.17. The average molecular weight is 155 g/mol. The summed E-state index contributed by atoms with van der Waals surface area (Å²) in [5.41, 5.74) is -0.280.